The summed E-state index contributed by atoms with van der Waals surface area (Å²) in [6, 6.07) is 0. The van der Waals surface area contributed by atoms with Crippen LogP contribution in [0.4, 0.5) is 0 Å². The average Bonchev–Trinajstić information content (AvgIpc) is 1.65. The van der Waals surface area contributed by atoms with Crippen molar-refractivity contribution in [1.82, 2.24) is 0 Å². The Kier molecular flexibility index (Phi) is 5.75. The SMILES string of the molecule is C[Si](C)(C)C[Si](C)(C)C[Si](C)(C)C[Si](C)(C)C. The smallest absolute Gasteiger partial charge is 0.0421 e. The number of hydrogen-bond donors (Lipinski definition) is 0. The van der Waals surface area contributed by atoms with E-state index in [9.17, 15) is 0 Å². The fraction of sp³-hybridized carbons (Fsp3) is 1.00. The lowest BCUT2D eigenvalue weighted by Crippen LogP contribution is -2.47. The van der Waals surface area contributed by atoms with Crippen LogP contribution in [0, 0.1) is 0 Å². The molecule has 0 bridgehead atoms. The molecule has 0 unspecified atom stereocenters. The van der Waals surface area contributed by atoms with E-state index < -0.39 is 32.3 Å². The van der Waals surface area contributed by atoms with Gasteiger partial charge in [0.2, 0.25) is 0 Å². The third kappa shape index (κ3) is 10.5. The van der Waals surface area contributed by atoms with Crippen molar-refractivity contribution >= 4 is 32.3 Å². The van der Waals surface area contributed by atoms with Gasteiger partial charge in [0, 0.05) is 32.3 Å². The standard InChI is InChI=1S/C13H36Si4/c1-14(2,3)11-16(7,8)13-17(9,10)12-15(4,5)6/h11-13H2,1-10H3. The van der Waals surface area contributed by atoms with Crippen LogP contribution in [-0.4, -0.2) is 32.3 Å². The van der Waals surface area contributed by atoms with Crippen molar-refractivity contribution in [1.29, 1.82) is 0 Å². The molecular formula is C13H36Si4. The highest BCUT2D eigenvalue weighted by Crippen LogP contribution is 2.32. The molecule has 0 aromatic heterocycles. The second kappa shape index (κ2) is 5.47. The maximum Gasteiger partial charge on any atom is 0.0421 e. The zero-order valence-electron chi connectivity index (χ0n) is 14.1. The molecule has 0 aromatic carbocycles. The van der Waals surface area contributed by atoms with Crippen LogP contribution in [0.1, 0.15) is 0 Å². The fourth-order valence-corrected chi connectivity index (χ4v) is 40.9. The molecule has 0 nitrogen and oxygen atoms in total. The quantitative estimate of drug-likeness (QED) is 0.552. The molecule has 0 heterocycles. The van der Waals surface area contributed by atoms with Crippen LogP contribution in [0.15, 0.2) is 0 Å². The molecule has 0 fully saturated rings. The van der Waals surface area contributed by atoms with Crippen LogP contribution < -0.4 is 0 Å². The first-order valence-corrected chi connectivity index (χ1v) is 21.4. The highest BCUT2D eigenvalue weighted by Gasteiger charge is 2.37. The van der Waals surface area contributed by atoms with Crippen molar-refractivity contribution in [2.24, 2.45) is 0 Å². The van der Waals surface area contributed by atoms with Crippen molar-refractivity contribution < 1.29 is 0 Å². The number of hydrogen-bond acceptors (Lipinski definition) is 0. The fourth-order valence-electron chi connectivity index (χ4n) is 4.29. The van der Waals surface area contributed by atoms with Gasteiger partial charge in [-0.2, -0.15) is 0 Å². The Hall–Kier alpha value is 0.868. The molecule has 0 atom stereocenters. The highest BCUT2D eigenvalue weighted by molar-refractivity contribution is 7.05. The Bertz CT molecular complexity index is 217. The molecule has 0 aliphatic carbocycles. The van der Waals surface area contributed by atoms with Crippen LogP contribution in [-0.2, 0) is 0 Å². The molecule has 0 spiro atoms. The lowest BCUT2D eigenvalue weighted by atomic mass is 11.7. The molecule has 4 heteroatoms. The van der Waals surface area contributed by atoms with Gasteiger partial charge in [-0.15, -0.1) is 0 Å². The lowest BCUT2D eigenvalue weighted by molar-refractivity contribution is 1.41. The summed E-state index contributed by atoms with van der Waals surface area (Å²) in [5, 5.41) is 0. The van der Waals surface area contributed by atoms with Gasteiger partial charge in [0.25, 0.3) is 0 Å². The van der Waals surface area contributed by atoms with E-state index in [0.29, 0.717) is 0 Å². The Morgan fingerprint density at radius 3 is 0.824 bits per heavy atom. The second-order valence-corrected chi connectivity index (χ2v) is 33.1. The molecular weight excluding hydrogens is 268 g/mol. The van der Waals surface area contributed by atoms with Gasteiger partial charge >= 0.3 is 0 Å². The average molecular weight is 305 g/mol. The summed E-state index contributed by atoms with van der Waals surface area (Å²) in [6.45, 7) is 25.9. The van der Waals surface area contributed by atoms with Gasteiger partial charge < -0.3 is 0 Å². The minimum atomic E-state index is -0.928. The van der Waals surface area contributed by atoms with E-state index in [0.717, 1.165) is 0 Å². The molecule has 0 amide bonds. The molecule has 0 saturated carbocycles. The first-order valence-electron chi connectivity index (χ1n) is 7.12. The van der Waals surface area contributed by atoms with E-state index in [-0.39, 0.29) is 0 Å². The summed E-state index contributed by atoms with van der Waals surface area (Å²) in [6.07, 6.45) is 0. The third-order valence-electron chi connectivity index (χ3n) is 2.97. The van der Waals surface area contributed by atoms with Crippen molar-refractivity contribution in [2.75, 3.05) is 0 Å². The largest absolute Gasteiger partial charge is 0.0698 e. The molecule has 104 valence electrons. The predicted octanol–water partition coefficient (Wildman–Crippen LogP) is 5.70. The Labute approximate surface area is 115 Å². The van der Waals surface area contributed by atoms with E-state index >= 15 is 0 Å². The number of rotatable bonds is 6. The van der Waals surface area contributed by atoms with E-state index in [4.69, 9.17) is 0 Å². The first-order chi connectivity index (χ1) is 7.12. The first kappa shape index (κ1) is 17.9. The summed E-state index contributed by atoms with van der Waals surface area (Å²) < 4.78 is 0. The van der Waals surface area contributed by atoms with Crippen molar-refractivity contribution in [3.63, 3.8) is 0 Å². The predicted molar refractivity (Wildman–Crippen MR) is 96.1 cm³/mol. The topological polar surface area (TPSA) is 0 Å². The Balaban J connectivity index is 4.59. The van der Waals surface area contributed by atoms with Crippen LogP contribution in [0.3, 0.4) is 0 Å². The zero-order valence-corrected chi connectivity index (χ0v) is 18.1. The van der Waals surface area contributed by atoms with Crippen LogP contribution in [0.5, 0.6) is 0 Å². The minimum absolute atomic E-state index is 0.856. The van der Waals surface area contributed by atoms with Gasteiger partial charge in [-0.25, -0.2) is 0 Å². The maximum atomic E-state index is 2.66. The van der Waals surface area contributed by atoms with Gasteiger partial charge in [0.15, 0.2) is 0 Å². The van der Waals surface area contributed by atoms with E-state index in [2.05, 4.69) is 65.5 Å². The van der Waals surface area contributed by atoms with Crippen LogP contribution >= 0.6 is 0 Å². The molecule has 0 radical (unpaired) electrons. The molecule has 0 aliphatic heterocycles. The summed E-state index contributed by atoms with van der Waals surface area (Å²) in [4.78, 5) is 0. The Morgan fingerprint density at radius 2 is 0.647 bits per heavy atom. The minimum Gasteiger partial charge on any atom is -0.0698 e. The van der Waals surface area contributed by atoms with Gasteiger partial charge in [-0.1, -0.05) is 82.5 Å². The summed E-state index contributed by atoms with van der Waals surface area (Å²) >= 11 is 0. The molecule has 0 aliphatic rings. The summed E-state index contributed by atoms with van der Waals surface area (Å²) in [7, 11) is -3.57. The van der Waals surface area contributed by atoms with Crippen molar-refractivity contribution in [3.8, 4) is 0 Å². The summed E-state index contributed by atoms with van der Waals surface area (Å²) in [5.74, 6) is 0. The van der Waals surface area contributed by atoms with Crippen molar-refractivity contribution in [3.05, 3.63) is 0 Å². The third-order valence-corrected chi connectivity index (χ3v) is 26.8. The monoisotopic (exact) mass is 304 g/mol. The van der Waals surface area contributed by atoms with E-state index in [1.165, 1.54) is 0 Å². The molecule has 0 rings (SSSR count). The summed E-state index contributed by atoms with van der Waals surface area (Å²) in [5.41, 5.74) is 4.92. The lowest BCUT2D eigenvalue weighted by Gasteiger charge is -2.38. The van der Waals surface area contributed by atoms with Crippen LogP contribution in [0.2, 0.25) is 82.5 Å². The zero-order chi connectivity index (χ0) is 14.1. The van der Waals surface area contributed by atoms with E-state index in [1.807, 2.05) is 0 Å². The molecule has 0 N–H and O–H groups in total. The van der Waals surface area contributed by atoms with Crippen molar-refractivity contribution in [2.45, 2.75) is 82.5 Å². The second-order valence-electron chi connectivity index (χ2n) is 9.98. The normalized spacial score (nSPS) is 15.2. The van der Waals surface area contributed by atoms with E-state index in [1.54, 1.807) is 17.0 Å². The molecule has 0 aromatic rings. The van der Waals surface area contributed by atoms with Crippen LogP contribution in [0.25, 0.3) is 0 Å². The highest BCUT2D eigenvalue weighted by atomic mass is 28.4. The Morgan fingerprint density at radius 1 is 0.412 bits per heavy atom. The van der Waals surface area contributed by atoms with Gasteiger partial charge in [0.1, 0.15) is 0 Å². The van der Waals surface area contributed by atoms with Gasteiger partial charge in [0.05, 0.1) is 0 Å². The van der Waals surface area contributed by atoms with Gasteiger partial charge in [-0.3, -0.25) is 0 Å². The maximum absolute atomic E-state index is 2.66. The molecule has 0 saturated heterocycles. The van der Waals surface area contributed by atoms with Gasteiger partial charge in [-0.05, 0) is 0 Å². The molecule has 17 heavy (non-hydrogen) atoms.